The summed E-state index contributed by atoms with van der Waals surface area (Å²) in [4.78, 5) is 36.0. The van der Waals surface area contributed by atoms with Gasteiger partial charge in [0.15, 0.2) is 0 Å². The van der Waals surface area contributed by atoms with Gasteiger partial charge in [-0.15, -0.1) is 0 Å². The fourth-order valence-electron chi connectivity index (χ4n) is 2.01. The van der Waals surface area contributed by atoms with Crippen molar-refractivity contribution in [2.24, 2.45) is 0 Å². The van der Waals surface area contributed by atoms with Crippen molar-refractivity contribution < 1.29 is 19.5 Å². The van der Waals surface area contributed by atoms with Crippen LogP contribution < -0.4 is 4.90 Å². The van der Waals surface area contributed by atoms with Gasteiger partial charge in [-0.3, -0.25) is 14.4 Å². The lowest BCUT2D eigenvalue weighted by Gasteiger charge is -2.18. The third-order valence-electron chi connectivity index (χ3n) is 3.18. The van der Waals surface area contributed by atoms with Crippen LogP contribution in [0, 0.1) is 0 Å². The molecular weight excluding hydrogens is 246 g/mol. The highest BCUT2D eigenvalue weighted by Crippen LogP contribution is 2.29. The van der Waals surface area contributed by atoms with Crippen molar-refractivity contribution in [2.75, 3.05) is 4.90 Å². The van der Waals surface area contributed by atoms with E-state index in [4.69, 9.17) is 5.11 Å². The Morgan fingerprint density at radius 1 is 1.11 bits per heavy atom. The molecule has 0 radical (unpaired) electrons. The average Bonchev–Trinajstić information content (AvgIpc) is 2.55. The number of anilines is 1. The Labute approximate surface area is 110 Å². The van der Waals surface area contributed by atoms with Crippen LogP contribution in [0.1, 0.15) is 19.4 Å². The fourth-order valence-corrected chi connectivity index (χ4v) is 2.01. The molecule has 0 aliphatic carbocycles. The number of hydrogen-bond donors (Lipinski definition) is 1. The van der Waals surface area contributed by atoms with Crippen molar-refractivity contribution in [3.05, 3.63) is 41.0 Å². The molecule has 1 aromatic carbocycles. The number of benzene rings is 1. The first kappa shape index (κ1) is 13.0. The number of para-hydroxylation sites is 1. The second-order valence-electron chi connectivity index (χ2n) is 4.39. The summed E-state index contributed by atoms with van der Waals surface area (Å²) in [5.74, 6) is -1.78. The summed E-state index contributed by atoms with van der Waals surface area (Å²) in [6, 6.07) is 6.54. The maximum absolute atomic E-state index is 12.1. The van der Waals surface area contributed by atoms with Crippen LogP contribution >= 0.6 is 0 Å². The molecule has 5 nitrogen and oxygen atoms in total. The van der Waals surface area contributed by atoms with Crippen LogP contribution in [-0.2, 0) is 20.8 Å². The van der Waals surface area contributed by atoms with Gasteiger partial charge in [-0.05, 0) is 25.5 Å². The van der Waals surface area contributed by atoms with Crippen LogP contribution in [0.2, 0.25) is 0 Å². The van der Waals surface area contributed by atoms with Gasteiger partial charge in [0.2, 0.25) is 0 Å². The van der Waals surface area contributed by atoms with Crippen molar-refractivity contribution in [3.63, 3.8) is 0 Å². The molecule has 0 bridgehead atoms. The second kappa shape index (κ2) is 4.68. The molecule has 5 heteroatoms. The standard InChI is InChI=1S/C14H13NO4/c1-8-9(2)14(19)15(13(8)18)11-6-4-3-5-10(11)7-12(16)17/h3-6H,7H2,1-2H3,(H,16,17). The molecule has 19 heavy (non-hydrogen) atoms. The summed E-state index contributed by atoms with van der Waals surface area (Å²) in [6.07, 6.45) is -0.231. The largest absolute Gasteiger partial charge is 0.481 e. The van der Waals surface area contributed by atoms with Gasteiger partial charge in [-0.1, -0.05) is 18.2 Å². The Morgan fingerprint density at radius 2 is 1.63 bits per heavy atom. The maximum atomic E-state index is 12.1. The molecule has 1 aliphatic heterocycles. The van der Waals surface area contributed by atoms with Crippen molar-refractivity contribution >= 4 is 23.5 Å². The number of carbonyl (C=O) groups excluding carboxylic acids is 2. The van der Waals surface area contributed by atoms with Crippen molar-refractivity contribution in [2.45, 2.75) is 20.3 Å². The lowest BCUT2D eigenvalue weighted by molar-refractivity contribution is -0.136. The molecule has 1 N–H and O–H groups in total. The summed E-state index contributed by atoms with van der Waals surface area (Å²) < 4.78 is 0. The topological polar surface area (TPSA) is 74.7 Å². The number of carboxylic acids is 1. The first-order valence-corrected chi connectivity index (χ1v) is 5.79. The number of nitrogens with zero attached hydrogens (tertiary/aromatic N) is 1. The smallest absolute Gasteiger partial charge is 0.307 e. The van der Waals surface area contributed by atoms with Crippen LogP contribution in [0.5, 0.6) is 0 Å². The molecule has 0 fully saturated rings. The third kappa shape index (κ3) is 2.14. The Balaban J connectivity index is 2.47. The molecule has 0 saturated carbocycles. The normalized spacial score (nSPS) is 15.4. The van der Waals surface area contributed by atoms with Crippen molar-refractivity contribution in [1.82, 2.24) is 0 Å². The quantitative estimate of drug-likeness (QED) is 0.835. The SMILES string of the molecule is CC1=C(C)C(=O)N(c2ccccc2CC(=O)O)C1=O. The predicted octanol–water partition coefficient (Wildman–Crippen LogP) is 1.52. The van der Waals surface area contributed by atoms with E-state index in [9.17, 15) is 14.4 Å². The Kier molecular flexibility index (Phi) is 3.21. The van der Waals surface area contributed by atoms with E-state index in [0.29, 0.717) is 22.4 Å². The van der Waals surface area contributed by atoms with Crippen LogP contribution in [0.3, 0.4) is 0 Å². The fraction of sp³-hybridized carbons (Fsp3) is 0.214. The molecule has 0 atom stereocenters. The van der Waals surface area contributed by atoms with Gasteiger partial charge in [0.25, 0.3) is 11.8 Å². The number of aliphatic carboxylic acids is 1. The first-order valence-electron chi connectivity index (χ1n) is 5.79. The van der Waals surface area contributed by atoms with E-state index in [1.165, 1.54) is 0 Å². The monoisotopic (exact) mass is 259 g/mol. The molecule has 0 spiro atoms. The zero-order chi connectivity index (χ0) is 14.2. The maximum Gasteiger partial charge on any atom is 0.307 e. The predicted molar refractivity (Wildman–Crippen MR) is 68.6 cm³/mol. The number of carbonyl (C=O) groups is 3. The summed E-state index contributed by atoms with van der Waals surface area (Å²) in [7, 11) is 0. The minimum Gasteiger partial charge on any atom is -0.481 e. The van der Waals surface area contributed by atoms with E-state index in [1.807, 2.05) is 0 Å². The lowest BCUT2D eigenvalue weighted by Crippen LogP contribution is -2.32. The van der Waals surface area contributed by atoms with Crippen LogP contribution in [0.4, 0.5) is 5.69 Å². The number of rotatable bonds is 3. The van der Waals surface area contributed by atoms with E-state index in [0.717, 1.165) is 4.90 Å². The Hall–Kier alpha value is -2.43. The number of amides is 2. The van der Waals surface area contributed by atoms with Gasteiger partial charge in [-0.2, -0.15) is 0 Å². The third-order valence-corrected chi connectivity index (χ3v) is 3.18. The highest BCUT2D eigenvalue weighted by atomic mass is 16.4. The van der Waals surface area contributed by atoms with Gasteiger partial charge in [0.05, 0.1) is 12.1 Å². The molecule has 2 amide bonds. The van der Waals surface area contributed by atoms with E-state index in [-0.39, 0.29) is 18.2 Å². The number of imide groups is 1. The highest BCUT2D eigenvalue weighted by molar-refractivity contribution is 6.32. The first-order chi connectivity index (χ1) is 8.93. The van der Waals surface area contributed by atoms with Gasteiger partial charge in [0.1, 0.15) is 0 Å². The van der Waals surface area contributed by atoms with Gasteiger partial charge in [-0.25, -0.2) is 4.90 Å². The number of carboxylic acid groups (broad SMARTS) is 1. The van der Waals surface area contributed by atoms with Crippen LogP contribution in [0.15, 0.2) is 35.4 Å². The zero-order valence-electron chi connectivity index (χ0n) is 10.6. The summed E-state index contributed by atoms with van der Waals surface area (Å²) in [6.45, 7) is 3.19. The van der Waals surface area contributed by atoms with Gasteiger partial charge >= 0.3 is 5.97 Å². The summed E-state index contributed by atoms with van der Waals surface area (Å²) in [5, 5.41) is 8.87. The van der Waals surface area contributed by atoms with Crippen LogP contribution in [0.25, 0.3) is 0 Å². The van der Waals surface area contributed by atoms with E-state index in [2.05, 4.69) is 0 Å². The molecule has 0 aromatic heterocycles. The number of hydrogen-bond acceptors (Lipinski definition) is 3. The minimum absolute atomic E-state index is 0.231. The van der Waals surface area contributed by atoms with Crippen molar-refractivity contribution in [1.29, 1.82) is 0 Å². The second-order valence-corrected chi connectivity index (χ2v) is 4.39. The van der Waals surface area contributed by atoms with Gasteiger partial charge in [0, 0.05) is 11.1 Å². The summed E-state index contributed by atoms with van der Waals surface area (Å²) >= 11 is 0. The molecule has 2 rings (SSSR count). The van der Waals surface area contributed by atoms with Crippen LogP contribution in [-0.4, -0.2) is 22.9 Å². The average molecular weight is 259 g/mol. The Bertz CT molecular complexity index is 592. The Morgan fingerprint density at radius 3 is 2.16 bits per heavy atom. The van der Waals surface area contributed by atoms with E-state index < -0.39 is 5.97 Å². The lowest BCUT2D eigenvalue weighted by atomic mass is 10.1. The van der Waals surface area contributed by atoms with Gasteiger partial charge < -0.3 is 5.11 Å². The zero-order valence-corrected chi connectivity index (χ0v) is 10.6. The molecule has 1 aliphatic rings. The molecule has 0 unspecified atom stereocenters. The molecule has 98 valence electrons. The van der Waals surface area contributed by atoms with E-state index in [1.54, 1.807) is 38.1 Å². The minimum atomic E-state index is -1.01. The molecular formula is C14H13NO4. The molecule has 0 saturated heterocycles. The summed E-state index contributed by atoms with van der Waals surface area (Å²) in [5.41, 5.74) is 1.58. The van der Waals surface area contributed by atoms with Crippen molar-refractivity contribution in [3.8, 4) is 0 Å². The highest BCUT2D eigenvalue weighted by Gasteiger charge is 2.35. The van der Waals surface area contributed by atoms with E-state index >= 15 is 0 Å². The molecule has 1 heterocycles. The molecule has 1 aromatic rings.